The molecule has 5 rings (SSSR count). The molecule has 2 aliphatic rings. The Hall–Kier alpha value is -4.30. The van der Waals surface area contributed by atoms with Crippen molar-refractivity contribution in [1.82, 2.24) is 15.5 Å². The first-order valence-corrected chi connectivity index (χ1v) is 18.9. The van der Waals surface area contributed by atoms with E-state index in [0.717, 1.165) is 55.4 Å². The van der Waals surface area contributed by atoms with Crippen LogP contribution < -0.4 is 20.1 Å². The fraction of sp³-hybridized carbons (Fsp3) is 0.500. The molecule has 1 aromatic carbocycles. The summed E-state index contributed by atoms with van der Waals surface area (Å²) in [5.74, 6) is 0.0966. The van der Waals surface area contributed by atoms with Crippen molar-refractivity contribution in [2.45, 2.75) is 109 Å². The van der Waals surface area contributed by atoms with Crippen LogP contribution in [-0.2, 0) is 36.9 Å². The zero-order valence-corrected chi connectivity index (χ0v) is 30.1. The Labute approximate surface area is 300 Å². The summed E-state index contributed by atoms with van der Waals surface area (Å²) in [7, 11) is 0. The average Bonchev–Trinajstić information content (AvgIpc) is 3.90. The van der Waals surface area contributed by atoms with E-state index < -0.39 is 36.5 Å². The summed E-state index contributed by atoms with van der Waals surface area (Å²) in [4.78, 5) is 56.0. The molecule has 12 nitrogen and oxygen atoms in total. The normalized spacial score (nSPS) is 15.7. The molecule has 0 radical (unpaired) electrons. The van der Waals surface area contributed by atoms with Crippen LogP contribution in [0.15, 0.2) is 52.5 Å². The molecule has 0 bridgehead atoms. The second-order valence-electron chi connectivity index (χ2n) is 12.4. The number of hydrogen-bond acceptors (Lipinski definition) is 11. The van der Waals surface area contributed by atoms with Crippen LogP contribution in [0.1, 0.15) is 93.7 Å². The van der Waals surface area contributed by atoms with Crippen LogP contribution in [0.25, 0.3) is 0 Å². The molecule has 14 heteroatoms. The highest BCUT2D eigenvalue weighted by Gasteiger charge is 2.30. The zero-order chi connectivity index (χ0) is 35.3. The van der Waals surface area contributed by atoms with Crippen molar-refractivity contribution in [2.24, 2.45) is 0 Å². The first-order chi connectivity index (χ1) is 24.3. The van der Waals surface area contributed by atoms with Gasteiger partial charge in [-0.3, -0.25) is 9.59 Å². The van der Waals surface area contributed by atoms with Gasteiger partial charge in [0.2, 0.25) is 19.0 Å². The maximum Gasteiger partial charge on any atom is 0.511 e. The Morgan fingerprint density at radius 2 is 1.80 bits per heavy atom. The number of esters is 1. The van der Waals surface area contributed by atoms with Gasteiger partial charge in [-0.2, -0.15) is 11.3 Å². The minimum absolute atomic E-state index is 0.0554. The topological polar surface area (TPSA) is 142 Å². The number of rotatable bonds is 16. The van der Waals surface area contributed by atoms with Gasteiger partial charge < -0.3 is 39.2 Å². The van der Waals surface area contributed by atoms with Crippen LogP contribution >= 0.6 is 22.7 Å². The Morgan fingerprint density at radius 1 is 0.980 bits per heavy atom. The molecule has 1 unspecified atom stereocenters. The summed E-state index contributed by atoms with van der Waals surface area (Å²) in [6.45, 7) is 4.33. The Bertz CT molecular complexity index is 1510. The lowest BCUT2D eigenvalue weighted by Gasteiger charge is -2.28. The number of carbonyl (C=O) groups excluding carboxylic acids is 4. The minimum atomic E-state index is -1.21. The summed E-state index contributed by atoms with van der Waals surface area (Å²) < 4.78 is 26.9. The number of fused-ring (bicyclic) bond motifs is 1. The van der Waals surface area contributed by atoms with Gasteiger partial charge >= 0.3 is 18.2 Å². The van der Waals surface area contributed by atoms with Gasteiger partial charge in [-0.1, -0.05) is 38.3 Å². The van der Waals surface area contributed by atoms with Gasteiger partial charge in [0.15, 0.2) is 11.5 Å². The molecule has 2 aromatic heterocycles. The standard InChI is InChI=1S/C36H45N3O9S2/c1-3-4-12-29(34(41)39(20-25-15-17-49-22-25)21-28-11-8-16-50-28)37-35(42)38-30(26-13-14-31-32(18-26)45-23-44-31)19-33(40)46-24(2)47-36(43)48-27-9-6-5-7-10-27/h8,11,13-18,22,24,27,29-30H,3-7,9-10,12,19-21,23H2,1-2H3,(H2,37,38,42)/t24?,29-,30-/m0/s1. The largest absolute Gasteiger partial charge is 0.511 e. The van der Waals surface area contributed by atoms with E-state index in [1.54, 1.807) is 45.8 Å². The van der Waals surface area contributed by atoms with Crippen molar-refractivity contribution < 1.29 is 42.9 Å². The summed E-state index contributed by atoms with van der Waals surface area (Å²) in [5.41, 5.74) is 1.57. The van der Waals surface area contributed by atoms with Crippen molar-refractivity contribution in [2.75, 3.05) is 6.79 Å². The van der Waals surface area contributed by atoms with Crippen LogP contribution in [0.4, 0.5) is 9.59 Å². The molecule has 1 aliphatic heterocycles. The lowest BCUT2D eigenvalue weighted by atomic mass is 9.98. The highest BCUT2D eigenvalue weighted by molar-refractivity contribution is 7.09. The fourth-order valence-electron chi connectivity index (χ4n) is 5.94. The lowest BCUT2D eigenvalue weighted by molar-refractivity contribution is -0.169. The third-order valence-corrected chi connectivity index (χ3v) is 10.1. The monoisotopic (exact) mass is 727 g/mol. The summed E-state index contributed by atoms with van der Waals surface area (Å²) in [6, 6.07) is 8.72. The van der Waals surface area contributed by atoms with E-state index in [1.165, 1.54) is 6.92 Å². The molecule has 0 spiro atoms. The summed E-state index contributed by atoms with van der Waals surface area (Å²) in [6.07, 6.45) is 4.04. The number of carbonyl (C=O) groups is 4. The van der Waals surface area contributed by atoms with Crippen LogP contribution in [0.3, 0.4) is 0 Å². The van der Waals surface area contributed by atoms with Gasteiger partial charge in [0, 0.05) is 18.3 Å². The van der Waals surface area contributed by atoms with Gasteiger partial charge in [0.25, 0.3) is 0 Å². The van der Waals surface area contributed by atoms with E-state index in [2.05, 4.69) is 10.6 Å². The lowest BCUT2D eigenvalue weighted by Crippen LogP contribution is -2.51. The molecule has 50 heavy (non-hydrogen) atoms. The third kappa shape index (κ3) is 11.1. The van der Waals surface area contributed by atoms with E-state index in [4.69, 9.17) is 23.7 Å². The first-order valence-electron chi connectivity index (χ1n) is 17.1. The number of thiophene rings is 2. The number of nitrogens with zero attached hydrogens (tertiary/aromatic N) is 1. The van der Waals surface area contributed by atoms with E-state index in [9.17, 15) is 19.2 Å². The molecular weight excluding hydrogens is 683 g/mol. The number of ether oxygens (including phenoxy) is 5. The quantitative estimate of drug-likeness (QED) is 0.114. The highest BCUT2D eigenvalue weighted by atomic mass is 32.1. The molecule has 0 saturated heterocycles. The molecule has 1 saturated carbocycles. The zero-order valence-electron chi connectivity index (χ0n) is 28.4. The summed E-state index contributed by atoms with van der Waals surface area (Å²) >= 11 is 3.13. The molecule has 2 N–H and O–H groups in total. The van der Waals surface area contributed by atoms with Crippen molar-refractivity contribution in [3.8, 4) is 11.5 Å². The van der Waals surface area contributed by atoms with E-state index in [-0.39, 0.29) is 25.2 Å². The number of amides is 3. The third-order valence-electron chi connectivity index (χ3n) is 8.49. The second-order valence-corrected chi connectivity index (χ2v) is 14.2. The molecule has 3 heterocycles. The first kappa shape index (κ1) is 37.0. The van der Waals surface area contributed by atoms with Gasteiger partial charge in [-0.25, -0.2) is 9.59 Å². The summed E-state index contributed by atoms with van der Waals surface area (Å²) in [5, 5.41) is 11.7. The minimum Gasteiger partial charge on any atom is -0.454 e. The molecule has 270 valence electrons. The van der Waals surface area contributed by atoms with Crippen LogP contribution in [0.5, 0.6) is 11.5 Å². The number of hydrogen-bond donors (Lipinski definition) is 2. The van der Waals surface area contributed by atoms with Crippen LogP contribution in [0.2, 0.25) is 0 Å². The number of nitrogens with one attached hydrogen (secondary N) is 2. The van der Waals surface area contributed by atoms with Gasteiger partial charge in [0.05, 0.1) is 19.0 Å². The molecule has 1 aliphatic carbocycles. The van der Waals surface area contributed by atoms with E-state index in [1.807, 2.05) is 41.3 Å². The van der Waals surface area contributed by atoms with Crippen LogP contribution in [-0.4, -0.2) is 54.2 Å². The fourth-order valence-corrected chi connectivity index (χ4v) is 7.32. The highest BCUT2D eigenvalue weighted by Crippen LogP contribution is 2.35. The maximum atomic E-state index is 14.1. The number of benzene rings is 1. The molecule has 1 fully saturated rings. The number of unbranched alkanes of at least 4 members (excludes halogenated alkanes) is 1. The maximum absolute atomic E-state index is 14.1. The van der Waals surface area contributed by atoms with Gasteiger partial charge in [-0.15, -0.1) is 11.3 Å². The van der Waals surface area contributed by atoms with Crippen molar-refractivity contribution >= 4 is 46.7 Å². The molecule has 3 atom stereocenters. The Balaban J connectivity index is 1.26. The predicted octanol–water partition coefficient (Wildman–Crippen LogP) is 7.43. The van der Waals surface area contributed by atoms with E-state index in [0.29, 0.717) is 36.6 Å². The van der Waals surface area contributed by atoms with Crippen molar-refractivity contribution in [3.63, 3.8) is 0 Å². The van der Waals surface area contributed by atoms with Crippen molar-refractivity contribution in [1.29, 1.82) is 0 Å². The van der Waals surface area contributed by atoms with Crippen molar-refractivity contribution in [3.05, 3.63) is 68.5 Å². The Kier molecular flexibility index (Phi) is 13.8. The number of urea groups is 1. The molecule has 3 amide bonds. The SMILES string of the molecule is CCCC[C@H](NC(=O)N[C@@H](CC(=O)OC(C)OC(=O)OC1CCCCC1)c1ccc2c(c1)OCO2)C(=O)N(Cc1ccsc1)Cc1cccs1. The van der Waals surface area contributed by atoms with E-state index >= 15 is 0 Å². The molecular formula is C36H45N3O9S2. The second kappa shape index (κ2) is 18.6. The van der Waals surface area contributed by atoms with Gasteiger partial charge in [0.1, 0.15) is 12.1 Å². The average molecular weight is 728 g/mol. The van der Waals surface area contributed by atoms with Crippen LogP contribution in [0, 0.1) is 0 Å². The molecule has 3 aromatic rings. The van der Waals surface area contributed by atoms with Gasteiger partial charge in [-0.05, 0) is 83.6 Å². The Morgan fingerprint density at radius 3 is 2.54 bits per heavy atom. The smallest absolute Gasteiger partial charge is 0.454 e. The predicted molar refractivity (Wildman–Crippen MR) is 188 cm³/mol.